The van der Waals surface area contributed by atoms with Crippen molar-refractivity contribution in [3.63, 3.8) is 0 Å². The van der Waals surface area contributed by atoms with Crippen molar-refractivity contribution in [1.29, 1.82) is 5.41 Å². The van der Waals surface area contributed by atoms with Crippen molar-refractivity contribution >= 4 is 6.21 Å². The fourth-order valence-corrected chi connectivity index (χ4v) is 0.654. The minimum atomic E-state index is 0.228. The Morgan fingerprint density at radius 3 is 2.25 bits per heavy atom. The zero-order chi connectivity index (χ0) is 6.57. The number of hydrogen-bond donors (Lipinski definition) is 2. The van der Waals surface area contributed by atoms with Crippen molar-refractivity contribution in [3.8, 4) is 0 Å². The Kier molecular flexibility index (Phi) is 3.44. The maximum absolute atomic E-state index is 6.82. The maximum atomic E-state index is 6.82. The van der Waals surface area contributed by atoms with Gasteiger partial charge in [-0.1, -0.05) is 6.92 Å². The molecule has 0 aromatic rings. The Hall–Kier alpha value is -0.370. The zero-order valence-electron chi connectivity index (χ0n) is 5.52. The molecule has 2 heteroatoms. The molecule has 3 N–H and O–H groups in total. The third-order valence-electron chi connectivity index (χ3n) is 1.03. The van der Waals surface area contributed by atoms with Gasteiger partial charge >= 0.3 is 0 Å². The molecule has 2 nitrogen and oxygen atoms in total. The molecule has 8 heavy (non-hydrogen) atoms. The summed E-state index contributed by atoms with van der Waals surface area (Å²) in [6.45, 7) is 3.95. The van der Waals surface area contributed by atoms with E-state index in [4.69, 9.17) is 11.1 Å². The Labute approximate surface area is 50.6 Å². The Morgan fingerprint density at radius 1 is 1.62 bits per heavy atom. The lowest BCUT2D eigenvalue weighted by atomic mass is 10.1. The highest BCUT2D eigenvalue weighted by Crippen LogP contribution is 1.98. The lowest BCUT2D eigenvalue weighted by Crippen LogP contribution is -2.18. The molecule has 0 aliphatic heterocycles. The van der Waals surface area contributed by atoms with Gasteiger partial charge in [0.2, 0.25) is 0 Å². The highest BCUT2D eigenvalue weighted by atomic mass is 14.6. The van der Waals surface area contributed by atoms with Crippen molar-refractivity contribution in [2.75, 3.05) is 0 Å². The molecule has 0 bridgehead atoms. The van der Waals surface area contributed by atoms with Gasteiger partial charge in [0, 0.05) is 6.04 Å². The fourth-order valence-electron chi connectivity index (χ4n) is 0.654. The lowest BCUT2D eigenvalue weighted by molar-refractivity contribution is 0.591. The molecule has 0 saturated heterocycles. The average molecular weight is 114 g/mol. The standard InChI is InChI=1S/C6H14N2/c1-5(4-7)3-6(2)8/h4-7H,3,8H2,1-2H3. The normalized spacial score (nSPS) is 17.4. The quantitative estimate of drug-likeness (QED) is 0.528. The number of nitrogens with one attached hydrogen (secondary N) is 1. The Morgan fingerprint density at radius 2 is 2.12 bits per heavy atom. The van der Waals surface area contributed by atoms with Crippen LogP contribution in [0.5, 0.6) is 0 Å². The summed E-state index contributed by atoms with van der Waals surface area (Å²) in [5, 5.41) is 6.82. The lowest BCUT2D eigenvalue weighted by Gasteiger charge is -2.06. The van der Waals surface area contributed by atoms with E-state index >= 15 is 0 Å². The predicted octanol–water partition coefficient (Wildman–Crippen LogP) is 1.01. The molecule has 0 spiro atoms. The van der Waals surface area contributed by atoms with E-state index < -0.39 is 0 Å². The van der Waals surface area contributed by atoms with Crippen LogP contribution in [-0.4, -0.2) is 12.3 Å². The van der Waals surface area contributed by atoms with Crippen LogP contribution in [0.2, 0.25) is 0 Å². The van der Waals surface area contributed by atoms with Crippen molar-refractivity contribution in [2.24, 2.45) is 11.7 Å². The highest BCUT2D eigenvalue weighted by molar-refractivity contribution is 5.56. The van der Waals surface area contributed by atoms with Crippen LogP contribution in [0.4, 0.5) is 0 Å². The fraction of sp³-hybridized carbons (Fsp3) is 0.833. The summed E-state index contributed by atoms with van der Waals surface area (Å²) in [4.78, 5) is 0. The molecule has 0 fully saturated rings. The second kappa shape index (κ2) is 3.61. The molecule has 0 saturated carbocycles. The average Bonchev–Trinajstić information content (AvgIpc) is 1.65. The number of rotatable bonds is 3. The van der Waals surface area contributed by atoms with E-state index in [1.54, 1.807) is 0 Å². The predicted molar refractivity (Wildman–Crippen MR) is 36.2 cm³/mol. The molecule has 48 valence electrons. The van der Waals surface area contributed by atoms with E-state index in [9.17, 15) is 0 Å². The van der Waals surface area contributed by atoms with Gasteiger partial charge in [0.15, 0.2) is 0 Å². The smallest absolute Gasteiger partial charge is 0.00165 e. The van der Waals surface area contributed by atoms with Crippen LogP contribution < -0.4 is 5.73 Å². The topological polar surface area (TPSA) is 49.9 Å². The molecule has 0 aromatic carbocycles. The summed E-state index contributed by atoms with van der Waals surface area (Å²) in [6, 6.07) is 0.228. The van der Waals surface area contributed by atoms with E-state index in [1.807, 2.05) is 13.8 Å². The van der Waals surface area contributed by atoms with Gasteiger partial charge in [-0.3, -0.25) is 0 Å². The SMILES string of the molecule is CC(N)CC(C)C=N. The van der Waals surface area contributed by atoms with Gasteiger partial charge in [-0.05, 0) is 25.5 Å². The summed E-state index contributed by atoms with van der Waals surface area (Å²) in [5.41, 5.74) is 5.47. The first-order valence-corrected chi connectivity index (χ1v) is 2.93. The van der Waals surface area contributed by atoms with Gasteiger partial charge in [-0.2, -0.15) is 0 Å². The first-order chi connectivity index (χ1) is 3.66. The summed E-state index contributed by atoms with van der Waals surface area (Å²) >= 11 is 0. The van der Waals surface area contributed by atoms with Crippen LogP contribution in [0.15, 0.2) is 0 Å². The summed E-state index contributed by atoms with van der Waals surface area (Å²) in [5.74, 6) is 0.343. The minimum absolute atomic E-state index is 0.228. The van der Waals surface area contributed by atoms with E-state index in [1.165, 1.54) is 6.21 Å². The Balaban J connectivity index is 3.23. The number of hydrogen-bond acceptors (Lipinski definition) is 2. The summed E-state index contributed by atoms with van der Waals surface area (Å²) < 4.78 is 0. The minimum Gasteiger partial charge on any atom is -0.328 e. The van der Waals surface area contributed by atoms with Crippen molar-refractivity contribution in [2.45, 2.75) is 26.3 Å². The van der Waals surface area contributed by atoms with Gasteiger partial charge in [-0.15, -0.1) is 0 Å². The molecule has 2 atom stereocenters. The zero-order valence-corrected chi connectivity index (χ0v) is 5.52. The van der Waals surface area contributed by atoms with Crippen molar-refractivity contribution < 1.29 is 0 Å². The molecular weight excluding hydrogens is 100 g/mol. The van der Waals surface area contributed by atoms with Crippen LogP contribution >= 0.6 is 0 Å². The van der Waals surface area contributed by atoms with Crippen LogP contribution in [0.3, 0.4) is 0 Å². The second-order valence-electron chi connectivity index (χ2n) is 2.36. The molecule has 0 aliphatic rings. The van der Waals surface area contributed by atoms with Gasteiger partial charge < -0.3 is 11.1 Å². The van der Waals surface area contributed by atoms with Gasteiger partial charge in [0.1, 0.15) is 0 Å². The van der Waals surface area contributed by atoms with Crippen LogP contribution in [0, 0.1) is 11.3 Å². The number of nitrogens with two attached hydrogens (primary N) is 1. The van der Waals surface area contributed by atoms with E-state index in [-0.39, 0.29) is 6.04 Å². The van der Waals surface area contributed by atoms with Crippen molar-refractivity contribution in [3.05, 3.63) is 0 Å². The molecule has 0 heterocycles. The van der Waals surface area contributed by atoms with E-state index in [2.05, 4.69) is 0 Å². The van der Waals surface area contributed by atoms with Gasteiger partial charge in [0.25, 0.3) is 0 Å². The first-order valence-electron chi connectivity index (χ1n) is 2.93. The summed E-state index contributed by atoms with van der Waals surface area (Å²) in [6.07, 6.45) is 2.35. The molecule has 0 aromatic heterocycles. The van der Waals surface area contributed by atoms with Crippen molar-refractivity contribution in [1.82, 2.24) is 0 Å². The maximum Gasteiger partial charge on any atom is 0.00165 e. The van der Waals surface area contributed by atoms with Crippen LogP contribution in [0.1, 0.15) is 20.3 Å². The molecule has 0 radical (unpaired) electrons. The van der Waals surface area contributed by atoms with E-state index in [0.717, 1.165) is 6.42 Å². The Bertz CT molecular complexity index is 68.9. The summed E-state index contributed by atoms with van der Waals surface area (Å²) in [7, 11) is 0. The largest absolute Gasteiger partial charge is 0.328 e. The highest BCUT2D eigenvalue weighted by Gasteiger charge is 1.99. The van der Waals surface area contributed by atoms with Gasteiger partial charge in [0.05, 0.1) is 0 Å². The molecular formula is C6H14N2. The van der Waals surface area contributed by atoms with Crippen LogP contribution in [0.25, 0.3) is 0 Å². The third kappa shape index (κ3) is 3.81. The first kappa shape index (κ1) is 7.63. The van der Waals surface area contributed by atoms with Crippen LogP contribution in [-0.2, 0) is 0 Å². The monoisotopic (exact) mass is 114 g/mol. The molecule has 0 amide bonds. The second-order valence-corrected chi connectivity index (χ2v) is 2.36. The van der Waals surface area contributed by atoms with E-state index in [0.29, 0.717) is 5.92 Å². The van der Waals surface area contributed by atoms with Gasteiger partial charge in [-0.25, -0.2) is 0 Å². The molecule has 2 unspecified atom stereocenters. The molecule has 0 rings (SSSR count). The molecule has 0 aliphatic carbocycles. The third-order valence-corrected chi connectivity index (χ3v) is 1.03.